The van der Waals surface area contributed by atoms with Crippen molar-refractivity contribution >= 4 is 34.9 Å². The molecule has 1 amide bonds. The number of halogens is 1. The molecule has 0 bridgehead atoms. The number of non-ortho nitro benzene ring substituents is 1. The molecule has 130 valence electrons. The summed E-state index contributed by atoms with van der Waals surface area (Å²) in [7, 11) is 0. The van der Waals surface area contributed by atoms with E-state index < -0.39 is 23.4 Å². The van der Waals surface area contributed by atoms with E-state index in [0.29, 0.717) is 5.69 Å². The summed E-state index contributed by atoms with van der Waals surface area (Å²) in [5, 5.41) is 13.2. The molecule has 0 saturated heterocycles. The molecule has 7 nitrogen and oxygen atoms in total. The van der Waals surface area contributed by atoms with Crippen molar-refractivity contribution in [3.63, 3.8) is 0 Å². The lowest BCUT2D eigenvalue weighted by molar-refractivity contribution is -0.384. The van der Waals surface area contributed by atoms with Gasteiger partial charge in [0.15, 0.2) is 6.61 Å². The first-order valence-electron chi connectivity index (χ1n) is 7.25. The van der Waals surface area contributed by atoms with Gasteiger partial charge in [0.1, 0.15) is 0 Å². The summed E-state index contributed by atoms with van der Waals surface area (Å²) in [6, 6.07) is 8.92. The lowest BCUT2D eigenvalue weighted by atomic mass is 10.1. The topological polar surface area (TPSA) is 98.5 Å². The molecule has 8 heteroatoms. The molecular weight excluding hydrogens is 348 g/mol. The number of aryl methyl sites for hydroxylation is 2. The van der Waals surface area contributed by atoms with Crippen molar-refractivity contribution in [1.82, 2.24) is 0 Å². The average Bonchev–Trinajstić information content (AvgIpc) is 2.51. The Morgan fingerprint density at radius 3 is 2.36 bits per heavy atom. The maximum atomic E-state index is 12.0. The number of nitrogens with zero attached hydrogens (tertiary/aromatic N) is 1. The van der Waals surface area contributed by atoms with E-state index in [2.05, 4.69) is 5.32 Å². The molecule has 2 aromatic carbocycles. The number of carbonyl (C=O) groups is 2. The number of ether oxygens (including phenoxy) is 1. The number of carbonyl (C=O) groups excluding carboxylic acids is 2. The maximum absolute atomic E-state index is 12.0. The van der Waals surface area contributed by atoms with Crippen LogP contribution in [0.5, 0.6) is 0 Å². The summed E-state index contributed by atoms with van der Waals surface area (Å²) in [6.07, 6.45) is 0. The van der Waals surface area contributed by atoms with E-state index in [1.807, 2.05) is 19.9 Å². The summed E-state index contributed by atoms with van der Waals surface area (Å²) in [6.45, 7) is 3.30. The first-order chi connectivity index (χ1) is 11.8. The van der Waals surface area contributed by atoms with Gasteiger partial charge in [0.25, 0.3) is 11.6 Å². The molecule has 2 rings (SSSR count). The minimum Gasteiger partial charge on any atom is -0.452 e. The Bertz CT molecular complexity index is 831. The van der Waals surface area contributed by atoms with Gasteiger partial charge in [-0.15, -0.1) is 0 Å². The number of benzene rings is 2. The van der Waals surface area contributed by atoms with Crippen LogP contribution in [0.2, 0.25) is 5.02 Å². The Morgan fingerprint density at radius 2 is 1.80 bits per heavy atom. The smallest absolute Gasteiger partial charge is 0.340 e. The van der Waals surface area contributed by atoms with Gasteiger partial charge in [-0.25, -0.2) is 4.79 Å². The van der Waals surface area contributed by atoms with Gasteiger partial charge in [0.05, 0.1) is 15.5 Å². The number of nitro groups is 1. The van der Waals surface area contributed by atoms with E-state index in [4.69, 9.17) is 16.3 Å². The average molecular weight is 363 g/mol. The Morgan fingerprint density at radius 1 is 1.16 bits per heavy atom. The molecule has 0 aliphatic carbocycles. The molecule has 2 aromatic rings. The molecule has 0 aliphatic heterocycles. The number of anilines is 1. The Balaban J connectivity index is 1.97. The van der Waals surface area contributed by atoms with Crippen LogP contribution in [0.4, 0.5) is 11.4 Å². The third kappa shape index (κ3) is 5.02. The summed E-state index contributed by atoms with van der Waals surface area (Å²) < 4.78 is 4.90. The van der Waals surface area contributed by atoms with Gasteiger partial charge in [-0.2, -0.15) is 0 Å². The quantitative estimate of drug-likeness (QED) is 0.497. The molecule has 0 aromatic heterocycles. The second-order valence-electron chi connectivity index (χ2n) is 5.42. The third-order valence-corrected chi connectivity index (χ3v) is 3.54. The van der Waals surface area contributed by atoms with E-state index in [-0.39, 0.29) is 16.3 Å². The number of esters is 1. The van der Waals surface area contributed by atoms with Crippen molar-refractivity contribution in [3.05, 3.63) is 68.2 Å². The van der Waals surface area contributed by atoms with Gasteiger partial charge < -0.3 is 10.1 Å². The number of nitro benzene ring substituents is 1. The van der Waals surface area contributed by atoms with Crippen molar-refractivity contribution in [2.24, 2.45) is 0 Å². The minimum atomic E-state index is -0.838. The zero-order valence-corrected chi connectivity index (χ0v) is 14.3. The minimum absolute atomic E-state index is 0.0496. The summed E-state index contributed by atoms with van der Waals surface area (Å²) in [5.74, 6) is -1.34. The van der Waals surface area contributed by atoms with E-state index in [1.54, 1.807) is 12.1 Å². The predicted molar refractivity (Wildman–Crippen MR) is 92.9 cm³/mol. The molecule has 1 N–H and O–H groups in total. The normalized spacial score (nSPS) is 10.2. The van der Waals surface area contributed by atoms with Gasteiger partial charge in [-0.1, -0.05) is 17.7 Å². The van der Waals surface area contributed by atoms with Crippen molar-refractivity contribution in [2.75, 3.05) is 11.9 Å². The van der Waals surface area contributed by atoms with Crippen LogP contribution >= 0.6 is 11.6 Å². The van der Waals surface area contributed by atoms with Crippen LogP contribution in [0, 0.1) is 24.0 Å². The highest BCUT2D eigenvalue weighted by molar-refractivity contribution is 6.33. The molecule has 0 atom stereocenters. The van der Waals surface area contributed by atoms with Crippen molar-refractivity contribution in [1.29, 1.82) is 0 Å². The van der Waals surface area contributed by atoms with Gasteiger partial charge in [-0.3, -0.25) is 14.9 Å². The van der Waals surface area contributed by atoms with Crippen molar-refractivity contribution in [3.8, 4) is 0 Å². The summed E-state index contributed by atoms with van der Waals surface area (Å²) in [4.78, 5) is 33.9. The van der Waals surface area contributed by atoms with Crippen LogP contribution in [0.3, 0.4) is 0 Å². The standard InChI is InChI=1S/C17H15ClN2O5/c1-10-5-11(2)7-12(6-10)19-16(21)9-25-17(22)14-4-3-13(20(23)24)8-15(14)18/h3-8H,9H2,1-2H3,(H,19,21). The van der Waals surface area contributed by atoms with E-state index in [9.17, 15) is 19.7 Å². The number of hydrogen-bond acceptors (Lipinski definition) is 5. The van der Waals surface area contributed by atoms with E-state index in [1.165, 1.54) is 6.07 Å². The Labute approximate surface area is 148 Å². The highest BCUT2D eigenvalue weighted by Gasteiger charge is 2.17. The first-order valence-corrected chi connectivity index (χ1v) is 7.63. The molecule has 0 radical (unpaired) electrons. The van der Waals surface area contributed by atoms with E-state index >= 15 is 0 Å². The third-order valence-electron chi connectivity index (χ3n) is 3.22. The van der Waals surface area contributed by atoms with E-state index in [0.717, 1.165) is 23.3 Å². The van der Waals surface area contributed by atoms with Crippen LogP contribution in [-0.2, 0) is 9.53 Å². The predicted octanol–water partition coefficient (Wildman–Crippen LogP) is 3.66. The Kier molecular flexibility index (Phi) is 5.71. The zero-order valence-electron chi connectivity index (χ0n) is 13.5. The Hall–Kier alpha value is -2.93. The molecule has 0 heterocycles. The number of amides is 1. The molecule has 0 fully saturated rings. The van der Waals surface area contributed by atoms with Gasteiger partial charge >= 0.3 is 5.97 Å². The van der Waals surface area contributed by atoms with Crippen LogP contribution in [-0.4, -0.2) is 23.4 Å². The van der Waals surface area contributed by atoms with Gasteiger partial charge in [0.2, 0.25) is 0 Å². The van der Waals surface area contributed by atoms with Crippen molar-refractivity contribution in [2.45, 2.75) is 13.8 Å². The van der Waals surface area contributed by atoms with Crippen LogP contribution in [0.1, 0.15) is 21.5 Å². The van der Waals surface area contributed by atoms with Crippen LogP contribution in [0.15, 0.2) is 36.4 Å². The maximum Gasteiger partial charge on any atom is 0.340 e. The number of hydrogen-bond donors (Lipinski definition) is 1. The fourth-order valence-corrected chi connectivity index (χ4v) is 2.49. The molecule has 25 heavy (non-hydrogen) atoms. The SMILES string of the molecule is Cc1cc(C)cc(NC(=O)COC(=O)c2ccc([N+](=O)[O-])cc2Cl)c1. The highest BCUT2D eigenvalue weighted by Crippen LogP contribution is 2.23. The van der Waals surface area contributed by atoms with Gasteiger partial charge in [0, 0.05) is 17.8 Å². The first kappa shape index (κ1) is 18.4. The zero-order chi connectivity index (χ0) is 18.6. The summed E-state index contributed by atoms with van der Waals surface area (Å²) in [5.41, 5.74) is 2.29. The van der Waals surface area contributed by atoms with Crippen LogP contribution in [0.25, 0.3) is 0 Å². The molecule has 0 aliphatic rings. The lowest BCUT2D eigenvalue weighted by Gasteiger charge is -2.09. The molecule has 0 unspecified atom stereocenters. The largest absolute Gasteiger partial charge is 0.452 e. The molecule has 0 saturated carbocycles. The lowest BCUT2D eigenvalue weighted by Crippen LogP contribution is -2.21. The molecular formula is C17H15ClN2O5. The molecule has 0 spiro atoms. The fourth-order valence-electron chi connectivity index (χ4n) is 2.24. The summed E-state index contributed by atoms with van der Waals surface area (Å²) >= 11 is 5.84. The second kappa shape index (κ2) is 7.76. The fraction of sp³-hybridized carbons (Fsp3) is 0.176. The number of nitrogens with one attached hydrogen (secondary N) is 1. The number of rotatable bonds is 5. The highest BCUT2D eigenvalue weighted by atomic mass is 35.5. The van der Waals surface area contributed by atoms with Crippen molar-refractivity contribution < 1.29 is 19.2 Å². The van der Waals surface area contributed by atoms with Crippen LogP contribution < -0.4 is 5.32 Å². The second-order valence-corrected chi connectivity index (χ2v) is 5.83. The monoisotopic (exact) mass is 362 g/mol. The van der Waals surface area contributed by atoms with Gasteiger partial charge in [-0.05, 0) is 43.2 Å².